The van der Waals surface area contributed by atoms with Gasteiger partial charge in [0.05, 0.1) is 24.2 Å². The SMILES string of the molecule is COc1ccc(CN2C(=O)/C(=C\c3ccc(Br)cc3)SC2=Nc2ccc(Br)cc2)cc1. The minimum atomic E-state index is -0.0559. The maximum absolute atomic E-state index is 13.3. The zero-order valence-corrected chi connectivity index (χ0v) is 20.6. The van der Waals surface area contributed by atoms with Crippen LogP contribution in [0.3, 0.4) is 0 Å². The molecule has 3 aromatic carbocycles. The Hall–Kier alpha value is -2.35. The Kier molecular flexibility index (Phi) is 6.95. The molecule has 0 aromatic heterocycles. The van der Waals surface area contributed by atoms with Gasteiger partial charge in [0.25, 0.3) is 5.91 Å². The molecule has 1 heterocycles. The molecule has 0 N–H and O–H groups in total. The number of amides is 1. The molecule has 4 rings (SSSR count). The number of hydrogen-bond acceptors (Lipinski definition) is 4. The minimum Gasteiger partial charge on any atom is -0.497 e. The summed E-state index contributed by atoms with van der Waals surface area (Å²) < 4.78 is 7.22. The standard InChI is InChI=1S/C24H18Br2N2O2S/c1-30-21-12-4-17(5-13-21)15-28-23(29)22(14-16-2-6-18(25)7-3-16)31-24(28)27-20-10-8-19(26)9-11-20/h2-14H,15H2,1H3/b22-14+,27-24?. The molecular weight excluding hydrogens is 540 g/mol. The number of methoxy groups -OCH3 is 1. The number of aliphatic imine (C=N–C) groups is 1. The first kappa shape index (κ1) is 21.9. The Morgan fingerprint density at radius 2 is 1.55 bits per heavy atom. The number of thioether (sulfide) groups is 1. The van der Waals surface area contributed by atoms with Gasteiger partial charge in [0, 0.05) is 8.95 Å². The third kappa shape index (κ3) is 5.47. The lowest BCUT2D eigenvalue weighted by molar-refractivity contribution is -0.122. The largest absolute Gasteiger partial charge is 0.497 e. The number of rotatable bonds is 5. The number of carbonyl (C=O) groups is 1. The number of amidine groups is 1. The van der Waals surface area contributed by atoms with Gasteiger partial charge in [0.2, 0.25) is 0 Å². The summed E-state index contributed by atoms with van der Waals surface area (Å²) in [6.45, 7) is 0.433. The molecule has 0 aliphatic carbocycles. The van der Waals surface area contributed by atoms with Gasteiger partial charge in [0.15, 0.2) is 5.17 Å². The van der Waals surface area contributed by atoms with Gasteiger partial charge in [-0.2, -0.15) is 0 Å². The van der Waals surface area contributed by atoms with Crippen molar-refractivity contribution in [1.29, 1.82) is 0 Å². The Labute approximate surface area is 202 Å². The van der Waals surface area contributed by atoms with E-state index in [0.717, 1.165) is 31.5 Å². The molecule has 0 unspecified atom stereocenters. The average Bonchev–Trinajstić information content (AvgIpc) is 3.06. The van der Waals surface area contributed by atoms with Crippen LogP contribution in [0.4, 0.5) is 5.69 Å². The van der Waals surface area contributed by atoms with Gasteiger partial charge in [-0.3, -0.25) is 9.69 Å². The van der Waals surface area contributed by atoms with E-state index in [0.29, 0.717) is 16.6 Å². The maximum Gasteiger partial charge on any atom is 0.267 e. The van der Waals surface area contributed by atoms with Crippen LogP contribution in [-0.2, 0) is 11.3 Å². The molecule has 1 saturated heterocycles. The van der Waals surface area contributed by atoms with E-state index in [1.807, 2.05) is 78.9 Å². The van der Waals surface area contributed by atoms with E-state index in [9.17, 15) is 4.79 Å². The minimum absolute atomic E-state index is 0.0559. The predicted octanol–water partition coefficient (Wildman–Crippen LogP) is 7.02. The number of halogens is 2. The van der Waals surface area contributed by atoms with Crippen molar-refractivity contribution in [3.8, 4) is 5.75 Å². The molecule has 0 bridgehead atoms. The molecule has 3 aromatic rings. The molecule has 0 radical (unpaired) electrons. The molecule has 1 amide bonds. The summed E-state index contributed by atoms with van der Waals surface area (Å²) in [4.78, 5) is 20.4. The smallest absolute Gasteiger partial charge is 0.267 e. The molecule has 1 fully saturated rings. The van der Waals surface area contributed by atoms with Gasteiger partial charge >= 0.3 is 0 Å². The van der Waals surface area contributed by atoms with E-state index in [1.54, 1.807) is 12.0 Å². The molecule has 0 atom stereocenters. The number of benzene rings is 3. The van der Waals surface area contributed by atoms with Crippen LogP contribution >= 0.6 is 43.6 Å². The molecule has 0 spiro atoms. The second-order valence-electron chi connectivity index (χ2n) is 6.77. The zero-order chi connectivity index (χ0) is 21.8. The van der Waals surface area contributed by atoms with Gasteiger partial charge in [-0.25, -0.2) is 4.99 Å². The fraction of sp³-hybridized carbons (Fsp3) is 0.0833. The van der Waals surface area contributed by atoms with Gasteiger partial charge in [-0.15, -0.1) is 0 Å². The lowest BCUT2D eigenvalue weighted by Gasteiger charge is -2.16. The van der Waals surface area contributed by atoms with Crippen LogP contribution in [0.2, 0.25) is 0 Å². The molecule has 156 valence electrons. The van der Waals surface area contributed by atoms with Crippen molar-refractivity contribution in [3.05, 3.63) is 97.8 Å². The second-order valence-corrected chi connectivity index (χ2v) is 9.61. The Bertz CT molecular complexity index is 1140. The van der Waals surface area contributed by atoms with E-state index >= 15 is 0 Å². The summed E-state index contributed by atoms with van der Waals surface area (Å²) in [6, 6.07) is 23.3. The van der Waals surface area contributed by atoms with E-state index in [1.165, 1.54) is 11.8 Å². The molecule has 31 heavy (non-hydrogen) atoms. The summed E-state index contributed by atoms with van der Waals surface area (Å²) in [7, 11) is 1.64. The van der Waals surface area contributed by atoms with Crippen LogP contribution in [0.15, 0.2) is 91.6 Å². The molecule has 1 aliphatic rings. The van der Waals surface area contributed by atoms with Crippen molar-refractivity contribution in [2.45, 2.75) is 6.54 Å². The van der Waals surface area contributed by atoms with Crippen molar-refractivity contribution in [2.75, 3.05) is 7.11 Å². The fourth-order valence-electron chi connectivity index (χ4n) is 2.98. The number of nitrogens with zero attached hydrogens (tertiary/aromatic N) is 2. The zero-order valence-electron chi connectivity index (χ0n) is 16.6. The van der Waals surface area contributed by atoms with E-state index in [-0.39, 0.29) is 5.91 Å². The van der Waals surface area contributed by atoms with Crippen molar-refractivity contribution in [3.63, 3.8) is 0 Å². The third-order valence-corrected chi connectivity index (χ3v) is 6.67. The van der Waals surface area contributed by atoms with Gasteiger partial charge in [0.1, 0.15) is 5.75 Å². The van der Waals surface area contributed by atoms with Gasteiger partial charge in [-0.05, 0) is 77.5 Å². The number of carbonyl (C=O) groups excluding carboxylic acids is 1. The first-order valence-corrected chi connectivity index (χ1v) is 11.9. The molecule has 1 aliphatic heterocycles. The van der Waals surface area contributed by atoms with Crippen LogP contribution in [0.25, 0.3) is 6.08 Å². The monoisotopic (exact) mass is 556 g/mol. The first-order valence-electron chi connectivity index (χ1n) is 9.46. The van der Waals surface area contributed by atoms with Crippen LogP contribution in [0.1, 0.15) is 11.1 Å². The maximum atomic E-state index is 13.3. The van der Waals surface area contributed by atoms with E-state index < -0.39 is 0 Å². The summed E-state index contributed by atoms with van der Waals surface area (Å²) in [5.41, 5.74) is 2.76. The van der Waals surface area contributed by atoms with Crippen LogP contribution in [0, 0.1) is 0 Å². The van der Waals surface area contributed by atoms with E-state index in [2.05, 4.69) is 31.9 Å². The van der Waals surface area contributed by atoms with Crippen molar-refractivity contribution < 1.29 is 9.53 Å². The first-order chi connectivity index (χ1) is 15.0. The van der Waals surface area contributed by atoms with Crippen molar-refractivity contribution >= 4 is 66.5 Å². The lowest BCUT2D eigenvalue weighted by atomic mass is 10.2. The topological polar surface area (TPSA) is 41.9 Å². The van der Waals surface area contributed by atoms with Crippen LogP contribution in [0.5, 0.6) is 5.75 Å². The van der Waals surface area contributed by atoms with Crippen LogP contribution < -0.4 is 4.74 Å². The van der Waals surface area contributed by atoms with Crippen molar-refractivity contribution in [1.82, 2.24) is 4.90 Å². The highest BCUT2D eigenvalue weighted by Crippen LogP contribution is 2.35. The Balaban J connectivity index is 1.67. The Morgan fingerprint density at radius 3 is 2.16 bits per heavy atom. The number of hydrogen-bond donors (Lipinski definition) is 0. The summed E-state index contributed by atoms with van der Waals surface area (Å²) in [6.07, 6.45) is 1.91. The van der Waals surface area contributed by atoms with Gasteiger partial charge in [-0.1, -0.05) is 56.1 Å². The molecule has 0 saturated carbocycles. The van der Waals surface area contributed by atoms with Gasteiger partial charge < -0.3 is 4.74 Å². The molecule has 7 heteroatoms. The fourth-order valence-corrected chi connectivity index (χ4v) is 4.51. The molecule has 4 nitrogen and oxygen atoms in total. The summed E-state index contributed by atoms with van der Waals surface area (Å²) in [5.74, 6) is 0.727. The summed E-state index contributed by atoms with van der Waals surface area (Å²) >= 11 is 8.28. The quantitative estimate of drug-likeness (QED) is 0.316. The molecular formula is C24H18Br2N2O2S. The number of ether oxygens (including phenoxy) is 1. The summed E-state index contributed by atoms with van der Waals surface area (Å²) in [5, 5.41) is 0.659. The highest BCUT2D eigenvalue weighted by Gasteiger charge is 2.33. The lowest BCUT2D eigenvalue weighted by Crippen LogP contribution is -2.28. The highest BCUT2D eigenvalue weighted by atomic mass is 79.9. The van der Waals surface area contributed by atoms with Crippen molar-refractivity contribution in [2.24, 2.45) is 4.99 Å². The second kappa shape index (κ2) is 9.85. The normalized spacial score (nSPS) is 16.4. The van der Waals surface area contributed by atoms with E-state index in [4.69, 9.17) is 9.73 Å². The average molecular weight is 558 g/mol. The predicted molar refractivity (Wildman–Crippen MR) is 134 cm³/mol. The highest BCUT2D eigenvalue weighted by molar-refractivity contribution is 9.10. The van der Waals surface area contributed by atoms with Crippen LogP contribution in [-0.4, -0.2) is 23.1 Å². The third-order valence-electron chi connectivity index (χ3n) is 4.61. The Morgan fingerprint density at radius 1 is 0.935 bits per heavy atom.